The van der Waals surface area contributed by atoms with Crippen LogP contribution in [0.4, 0.5) is 11.8 Å². The fourth-order valence-corrected chi connectivity index (χ4v) is 4.55. The van der Waals surface area contributed by atoms with E-state index in [2.05, 4.69) is 46.1 Å². The van der Waals surface area contributed by atoms with Crippen molar-refractivity contribution in [2.24, 2.45) is 5.73 Å². The number of hydrogen-bond acceptors (Lipinski definition) is 8. The van der Waals surface area contributed by atoms with Crippen LogP contribution in [0.15, 0.2) is 73.7 Å². The molecule has 0 spiro atoms. The molecule has 0 amide bonds. The van der Waals surface area contributed by atoms with Crippen molar-refractivity contribution in [1.82, 2.24) is 34.8 Å². The van der Waals surface area contributed by atoms with Crippen LogP contribution in [0.25, 0.3) is 16.6 Å². The van der Waals surface area contributed by atoms with Crippen molar-refractivity contribution in [2.45, 2.75) is 12.5 Å². The van der Waals surface area contributed by atoms with E-state index in [9.17, 15) is 0 Å². The van der Waals surface area contributed by atoms with Gasteiger partial charge in [0.15, 0.2) is 5.82 Å². The van der Waals surface area contributed by atoms with Crippen molar-refractivity contribution in [3.63, 3.8) is 0 Å². The second-order valence-corrected chi connectivity index (χ2v) is 8.94. The minimum absolute atomic E-state index is 0.649. The summed E-state index contributed by atoms with van der Waals surface area (Å²) >= 11 is 0. The molecule has 1 atom stereocenters. The Balaban J connectivity index is 1.17. The quantitative estimate of drug-likeness (QED) is 0.406. The molecular weight excluding hydrogens is 440 g/mol. The molecule has 1 saturated heterocycles. The molecular formula is C25H26N10. The van der Waals surface area contributed by atoms with Crippen LogP contribution in [0.2, 0.25) is 0 Å². The Bertz CT molecular complexity index is 1420. The van der Waals surface area contributed by atoms with Gasteiger partial charge in [0, 0.05) is 67.7 Å². The summed E-state index contributed by atoms with van der Waals surface area (Å²) < 4.78 is 1.87. The van der Waals surface area contributed by atoms with E-state index in [-0.39, 0.29) is 0 Å². The Morgan fingerprint density at radius 1 is 0.886 bits per heavy atom. The third-order valence-electron chi connectivity index (χ3n) is 6.69. The number of fused-ring (bicyclic) bond motifs is 1. The Morgan fingerprint density at radius 3 is 2.34 bits per heavy atom. The van der Waals surface area contributed by atoms with Crippen LogP contribution in [0.3, 0.4) is 0 Å². The maximum Gasteiger partial charge on any atom is 0.225 e. The van der Waals surface area contributed by atoms with Crippen molar-refractivity contribution in [1.29, 1.82) is 0 Å². The number of hydrogen-bond donors (Lipinski definition) is 2. The molecule has 6 rings (SSSR count). The number of nitrogens with zero attached hydrogens (tertiary/aromatic N) is 8. The third-order valence-corrected chi connectivity index (χ3v) is 6.69. The monoisotopic (exact) mass is 466 g/mol. The molecule has 1 fully saturated rings. The smallest absolute Gasteiger partial charge is 0.225 e. The van der Waals surface area contributed by atoms with E-state index >= 15 is 0 Å². The van der Waals surface area contributed by atoms with Gasteiger partial charge in [0.25, 0.3) is 0 Å². The van der Waals surface area contributed by atoms with E-state index in [1.807, 2.05) is 66.6 Å². The molecule has 10 nitrogen and oxygen atoms in total. The standard InChI is InChI=1S/C25H26N10/c1-25(26,20-5-3-2-4-6-20)21-14-27-24(28-15-21)34-9-7-33(8-10-34)23-22-11-18(19-12-30-31-13-19)16-35(22)32-17-29-23/h2-6,11-17H,7-10,26H2,1H3,(H,30,31). The highest BCUT2D eigenvalue weighted by atomic mass is 15.4. The Labute approximate surface area is 202 Å². The summed E-state index contributed by atoms with van der Waals surface area (Å²) in [6.07, 6.45) is 11.0. The normalized spacial score (nSPS) is 15.9. The number of aromatic nitrogens is 7. The van der Waals surface area contributed by atoms with Gasteiger partial charge in [-0.3, -0.25) is 5.10 Å². The van der Waals surface area contributed by atoms with Gasteiger partial charge in [0.05, 0.1) is 11.7 Å². The molecule has 5 aromatic rings. The van der Waals surface area contributed by atoms with E-state index in [4.69, 9.17) is 5.73 Å². The van der Waals surface area contributed by atoms with Gasteiger partial charge in [-0.25, -0.2) is 19.5 Å². The van der Waals surface area contributed by atoms with Gasteiger partial charge < -0.3 is 15.5 Å². The topological polar surface area (TPSA) is 117 Å². The van der Waals surface area contributed by atoms with Gasteiger partial charge in [-0.15, -0.1) is 0 Å². The van der Waals surface area contributed by atoms with Crippen molar-refractivity contribution < 1.29 is 0 Å². The van der Waals surface area contributed by atoms with Crippen LogP contribution in [-0.2, 0) is 5.54 Å². The summed E-state index contributed by atoms with van der Waals surface area (Å²) in [4.78, 5) is 18.4. The van der Waals surface area contributed by atoms with Gasteiger partial charge in [-0.05, 0) is 18.6 Å². The van der Waals surface area contributed by atoms with E-state index in [0.717, 1.165) is 65.7 Å². The third kappa shape index (κ3) is 3.87. The Hall–Kier alpha value is -4.31. The summed E-state index contributed by atoms with van der Waals surface area (Å²) in [5.74, 6) is 1.64. The maximum absolute atomic E-state index is 6.63. The van der Waals surface area contributed by atoms with Crippen LogP contribution < -0.4 is 15.5 Å². The predicted molar refractivity (Wildman–Crippen MR) is 134 cm³/mol. The highest BCUT2D eigenvalue weighted by Gasteiger charge is 2.26. The molecule has 4 aromatic heterocycles. The van der Waals surface area contributed by atoms with Crippen molar-refractivity contribution >= 4 is 17.3 Å². The average Bonchev–Trinajstić information content (AvgIpc) is 3.59. The largest absolute Gasteiger partial charge is 0.351 e. The van der Waals surface area contributed by atoms with E-state index in [0.29, 0.717) is 0 Å². The summed E-state index contributed by atoms with van der Waals surface area (Å²) in [6.45, 7) is 5.19. The number of benzene rings is 1. The molecule has 1 aromatic carbocycles. The van der Waals surface area contributed by atoms with Gasteiger partial charge >= 0.3 is 0 Å². The minimum Gasteiger partial charge on any atom is -0.351 e. The first-order chi connectivity index (χ1) is 17.1. The molecule has 0 aliphatic carbocycles. The second kappa shape index (κ2) is 8.48. The van der Waals surface area contributed by atoms with Crippen LogP contribution in [0, 0.1) is 0 Å². The van der Waals surface area contributed by atoms with E-state index in [1.165, 1.54) is 0 Å². The number of piperazine rings is 1. The first-order valence-electron chi connectivity index (χ1n) is 11.6. The van der Waals surface area contributed by atoms with Crippen molar-refractivity contribution in [3.8, 4) is 11.1 Å². The van der Waals surface area contributed by atoms with Crippen molar-refractivity contribution in [3.05, 3.63) is 84.8 Å². The van der Waals surface area contributed by atoms with Crippen LogP contribution in [0.5, 0.6) is 0 Å². The molecule has 176 valence electrons. The summed E-state index contributed by atoms with van der Waals surface area (Å²) in [7, 11) is 0. The minimum atomic E-state index is -0.649. The highest BCUT2D eigenvalue weighted by molar-refractivity contribution is 5.77. The molecule has 1 aliphatic rings. The molecule has 1 aliphatic heterocycles. The fraction of sp³-hybridized carbons (Fsp3) is 0.240. The number of aromatic amines is 1. The average molecular weight is 467 g/mol. The molecule has 0 bridgehead atoms. The molecule has 10 heteroatoms. The SMILES string of the molecule is CC(N)(c1ccccc1)c1cnc(N2CCN(c3ncnn4cc(-c5cn[nH]c5)cc34)CC2)nc1. The van der Waals surface area contributed by atoms with Crippen LogP contribution in [0.1, 0.15) is 18.1 Å². The highest BCUT2D eigenvalue weighted by Crippen LogP contribution is 2.28. The molecule has 0 saturated carbocycles. The van der Waals surface area contributed by atoms with Gasteiger partial charge in [0.1, 0.15) is 11.8 Å². The number of nitrogens with one attached hydrogen (secondary N) is 1. The van der Waals surface area contributed by atoms with Gasteiger partial charge in [-0.1, -0.05) is 30.3 Å². The number of nitrogens with two attached hydrogens (primary N) is 1. The van der Waals surface area contributed by atoms with E-state index in [1.54, 1.807) is 12.5 Å². The molecule has 35 heavy (non-hydrogen) atoms. The van der Waals surface area contributed by atoms with E-state index < -0.39 is 5.54 Å². The molecule has 0 radical (unpaired) electrons. The summed E-state index contributed by atoms with van der Waals surface area (Å²) in [5.41, 5.74) is 10.9. The zero-order chi connectivity index (χ0) is 23.8. The lowest BCUT2D eigenvalue weighted by molar-refractivity contribution is 0.592. The number of rotatable bonds is 5. The van der Waals surface area contributed by atoms with Crippen LogP contribution >= 0.6 is 0 Å². The lowest BCUT2D eigenvalue weighted by Gasteiger charge is -2.35. The summed E-state index contributed by atoms with van der Waals surface area (Å²) in [6, 6.07) is 12.1. The fourth-order valence-electron chi connectivity index (χ4n) is 4.55. The number of anilines is 2. The zero-order valence-electron chi connectivity index (χ0n) is 19.4. The first-order valence-corrected chi connectivity index (χ1v) is 11.6. The molecule has 5 heterocycles. The lowest BCUT2D eigenvalue weighted by atomic mass is 9.87. The summed E-state index contributed by atoms with van der Waals surface area (Å²) in [5, 5.41) is 11.3. The first kappa shape index (κ1) is 21.2. The Kier molecular flexibility index (Phi) is 5.14. The second-order valence-electron chi connectivity index (χ2n) is 8.94. The molecule has 1 unspecified atom stereocenters. The predicted octanol–water partition coefficient (Wildman–Crippen LogP) is 2.46. The maximum atomic E-state index is 6.63. The van der Waals surface area contributed by atoms with Crippen LogP contribution in [-0.4, -0.2) is 60.9 Å². The van der Waals surface area contributed by atoms with Crippen molar-refractivity contribution in [2.75, 3.05) is 36.0 Å². The number of H-pyrrole nitrogens is 1. The Morgan fingerprint density at radius 2 is 1.63 bits per heavy atom. The lowest BCUT2D eigenvalue weighted by Crippen LogP contribution is -2.47. The van der Waals surface area contributed by atoms with Gasteiger partial charge in [0.2, 0.25) is 5.95 Å². The molecule has 3 N–H and O–H groups in total. The van der Waals surface area contributed by atoms with Gasteiger partial charge in [-0.2, -0.15) is 10.2 Å². The zero-order valence-corrected chi connectivity index (χ0v) is 19.4.